The third kappa shape index (κ3) is 3.96. The fraction of sp³-hybridized carbons (Fsp3) is 1.00. The van der Waals surface area contributed by atoms with E-state index in [0.29, 0.717) is 0 Å². The van der Waals surface area contributed by atoms with Gasteiger partial charge in [-0.2, -0.15) is 0 Å². The predicted molar refractivity (Wildman–Crippen MR) is 43.3 cm³/mol. The van der Waals surface area contributed by atoms with Gasteiger partial charge in [0.05, 0.1) is 12.7 Å². The molecular weight excluding hydrogens is 180 g/mol. The molecular formula is C6H16N2O5. The van der Waals surface area contributed by atoms with Crippen LogP contribution in [0.3, 0.4) is 0 Å². The second kappa shape index (κ2) is 6.22. The highest BCUT2D eigenvalue weighted by atomic mass is 16.4. The number of hydrogen-bond acceptors (Lipinski definition) is 7. The van der Waals surface area contributed by atoms with Gasteiger partial charge in [0, 0.05) is 6.54 Å². The fourth-order valence-corrected chi connectivity index (χ4v) is 0.805. The lowest BCUT2D eigenvalue weighted by atomic mass is 10.0. The summed E-state index contributed by atoms with van der Waals surface area (Å²) in [7, 11) is 0. The van der Waals surface area contributed by atoms with E-state index in [2.05, 4.69) is 5.43 Å². The highest BCUT2D eigenvalue weighted by Gasteiger charge is 2.29. The lowest BCUT2D eigenvalue weighted by molar-refractivity contribution is -0.113. The highest BCUT2D eigenvalue weighted by Crippen LogP contribution is 2.03. The molecule has 13 heavy (non-hydrogen) atoms. The average Bonchev–Trinajstić information content (AvgIpc) is 2.14. The number of nitrogens with one attached hydrogen (secondary N) is 1. The molecule has 0 rings (SSSR count). The van der Waals surface area contributed by atoms with Crippen LogP contribution in [0.25, 0.3) is 0 Å². The molecule has 0 spiro atoms. The van der Waals surface area contributed by atoms with Crippen LogP contribution < -0.4 is 11.3 Å². The molecule has 0 amide bonds. The molecule has 7 heteroatoms. The highest BCUT2D eigenvalue weighted by molar-refractivity contribution is 4.80. The maximum Gasteiger partial charge on any atom is 0.111 e. The van der Waals surface area contributed by atoms with E-state index in [1.165, 1.54) is 0 Å². The van der Waals surface area contributed by atoms with Crippen LogP contribution in [0.15, 0.2) is 0 Å². The second-order valence-electron chi connectivity index (χ2n) is 2.71. The van der Waals surface area contributed by atoms with E-state index in [9.17, 15) is 0 Å². The summed E-state index contributed by atoms with van der Waals surface area (Å²) in [6.45, 7) is -0.822. The summed E-state index contributed by atoms with van der Waals surface area (Å²) in [5.74, 6) is 4.86. The third-order valence-electron chi connectivity index (χ3n) is 1.65. The minimum atomic E-state index is -1.60. The summed E-state index contributed by atoms with van der Waals surface area (Å²) >= 11 is 0. The average molecular weight is 196 g/mol. The van der Waals surface area contributed by atoms with E-state index in [0.717, 1.165) is 0 Å². The molecule has 80 valence electrons. The maximum atomic E-state index is 9.15. The van der Waals surface area contributed by atoms with Crippen LogP contribution in [-0.2, 0) is 0 Å². The molecule has 0 heterocycles. The normalized spacial score (nSPS) is 20.8. The molecule has 0 aromatic carbocycles. The molecule has 0 radical (unpaired) electrons. The molecule has 0 aliphatic carbocycles. The molecule has 4 unspecified atom stereocenters. The van der Waals surface area contributed by atoms with Gasteiger partial charge in [-0.1, -0.05) is 0 Å². The van der Waals surface area contributed by atoms with Gasteiger partial charge >= 0.3 is 0 Å². The first-order chi connectivity index (χ1) is 6.04. The number of rotatable bonds is 6. The van der Waals surface area contributed by atoms with E-state index in [1.54, 1.807) is 0 Å². The Balaban J connectivity index is 3.99. The standard InChI is InChI=1S/C6H16N2O5/c7-8-1-3(10)5(12)6(13)4(11)2-9/h3-6,8-13H,1-2,7H2. The smallest absolute Gasteiger partial charge is 0.111 e. The van der Waals surface area contributed by atoms with E-state index in [4.69, 9.17) is 31.4 Å². The molecule has 0 aliphatic rings. The van der Waals surface area contributed by atoms with E-state index in [1.807, 2.05) is 0 Å². The van der Waals surface area contributed by atoms with E-state index < -0.39 is 31.0 Å². The van der Waals surface area contributed by atoms with Gasteiger partial charge < -0.3 is 25.5 Å². The summed E-state index contributed by atoms with van der Waals surface area (Å²) in [6.07, 6.45) is -5.95. The first kappa shape index (κ1) is 12.7. The Morgan fingerprint density at radius 1 is 1.00 bits per heavy atom. The van der Waals surface area contributed by atoms with Crippen molar-refractivity contribution in [1.29, 1.82) is 0 Å². The van der Waals surface area contributed by atoms with Crippen LogP contribution in [-0.4, -0.2) is 63.1 Å². The topological polar surface area (TPSA) is 139 Å². The Morgan fingerprint density at radius 3 is 1.85 bits per heavy atom. The quantitative estimate of drug-likeness (QED) is 0.169. The van der Waals surface area contributed by atoms with Crippen LogP contribution in [0.4, 0.5) is 0 Å². The predicted octanol–water partition coefficient (Wildman–Crippen LogP) is -4.11. The Hall–Kier alpha value is -0.280. The van der Waals surface area contributed by atoms with Crippen molar-refractivity contribution in [3.8, 4) is 0 Å². The maximum absolute atomic E-state index is 9.15. The lowest BCUT2D eigenvalue weighted by Gasteiger charge is -2.25. The van der Waals surface area contributed by atoms with E-state index in [-0.39, 0.29) is 6.54 Å². The van der Waals surface area contributed by atoms with Gasteiger partial charge in [-0.15, -0.1) is 0 Å². The fourth-order valence-electron chi connectivity index (χ4n) is 0.805. The lowest BCUT2D eigenvalue weighted by Crippen LogP contribution is -2.49. The van der Waals surface area contributed by atoms with Crippen molar-refractivity contribution in [3.63, 3.8) is 0 Å². The molecule has 0 aromatic heterocycles. The molecule has 8 N–H and O–H groups in total. The molecule has 4 atom stereocenters. The molecule has 7 nitrogen and oxygen atoms in total. The Labute approximate surface area is 75.4 Å². The Morgan fingerprint density at radius 2 is 1.46 bits per heavy atom. The summed E-state index contributed by atoms with van der Waals surface area (Å²) in [5, 5.41) is 44.6. The van der Waals surface area contributed by atoms with Gasteiger partial charge in [-0.05, 0) is 0 Å². The van der Waals surface area contributed by atoms with Crippen LogP contribution in [0.5, 0.6) is 0 Å². The summed E-state index contributed by atoms with van der Waals surface area (Å²) in [4.78, 5) is 0. The van der Waals surface area contributed by atoms with Crippen molar-refractivity contribution in [2.24, 2.45) is 5.84 Å². The number of hydrazine groups is 1. The summed E-state index contributed by atoms with van der Waals surface area (Å²) in [6, 6.07) is 0. The number of aliphatic hydroxyl groups is 5. The summed E-state index contributed by atoms with van der Waals surface area (Å²) in [5.41, 5.74) is 2.09. The molecule has 0 saturated carbocycles. The zero-order valence-electron chi connectivity index (χ0n) is 7.04. The monoisotopic (exact) mass is 196 g/mol. The van der Waals surface area contributed by atoms with Crippen LogP contribution in [0.2, 0.25) is 0 Å². The molecule has 0 aromatic rings. The van der Waals surface area contributed by atoms with Crippen molar-refractivity contribution < 1.29 is 25.5 Å². The van der Waals surface area contributed by atoms with Crippen molar-refractivity contribution in [1.82, 2.24) is 5.43 Å². The number of hydrogen-bond donors (Lipinski definition) is 7. The van der Waals surface area contributed by atoms with Crippen LogP contribution in [0.1, 0.15) is 0 Å². The molecule has 0 bridgehead atoms. The Kier molecular flexibility index (Phi) is 6.08. The van der Waals surface area contributed by atoms with Gasteiger partial charge in [0.15, 0.2) is 0 Å². The SMILES string of the molecule is NNCC(O)C(O)C(O)C(O)CO. The first-order valence-electron chi connectivity index (χ1n) is 3.81. The van der Waals surface area contributed by atoms with Crippen LogP contribution >= 0.6 is 0 Å². The van der Waals surface area contributed by atoms with Crippen molar-refractivity contribution in [3.05, 3.63) is 0 Å². The summed E-state index contributed by atoms with van der Waals surface area (Å²) < 4.78 is 0. The molecule has 0 aliphatic heterocycles. The number of nitrogens with two attached hydrogens (primary N) is 1. The minimum absolute atomic E-state index is 0.129. The van der Waals surface area contributed by atoms with Crippen molar-refractivity contribution in [2.45, 2.75) is 24.4 Å². The minimum Gasteiger partial charge on any atom is -0.394 e. The van der Waals surface area contributed by atoms with Crippen molar-refractivity contribution >= 4 is 0 Å². The van der Waals surface area contributed by atoms with E-state index >= 15 is 0 Å². The van der Waals surface area contributed by atoms with Gasteiger partial charge in [-0.25, -0.2) is 0 Å². The second-order valence-corrected chi connectivity index (χ2v) is 2.71. The third-order valence-corrected chi connectivity index (χ3v) is 1.65. The first-order valence-corrected chi connectivity index (χ1v) is 3.81. The zero-order chi connectivity index (χ0) is 10.4. The Bertz CT molecular complexity index is 136. The number of aliphatic hydroxyl groups excluding tert-OH is 5. The molecule has 0 fully saturated rings. The molecule has 0 saturated heterocycles. The largest absolute Gasteiger partial charge is 0.394 e. The van der Waals surface area contributed by atoms with Crippen molar-refractivity contribution in [2.75, 3.05) is 13.2 Å². The van der Waals surface area contributed by atoms with Gasteiger partial charge in [0.1, 0.15) is 18.3 Å². The van der Waals surface area contributed by atoms with Crippen LogP contribution in [0, 0.1) is 0 Å². The van der Waals surface area contributed by atoms with Gasteiger partial charge in [0.2, 0.25) is 0 Å². The zero-order valence-corrected chi connectivity index (χ0v) is 7.04. The van der Waals surface area contributed by atoms with Gasteiger partial charge in [-0.3, -0.25) is 11.3 Å². The van der Waals surface area contributed by atoms with Gasteiger partial charge in [0.25, 0.3) is 0 Å².